The van der Waals surface area contributed by atoms with Crippen molar-refractivity contribution in [2.75, 3.05) is 7.05 Å². The summed E-state index contributed by atoms with van der Waals surface area (Å²) in [7, 11) is 2.02. The number of rotatable bonds is 5. The SMILES string of the molecule is CNC(CCc1ccsc1)c1cnc2ccsc2c1. The fourth-order valence-corrected chi connectivity index (χ4v) is 3.77. The predicted molar refractivity (Wildman–Crippen MR) is 84.1 cm³/mol. The van der Waals surface area contributed by atoms with Crippen molar-refractivity contribution in [1.29, 1.82) is 0 Å². The third kappa shape index (κ3) is 2.86. The maximum absolute atomic E-state index is 4.53. The molecule has 0 fully saturated rings. The Hall–Kier alpha value is -1.23. The Balaban J connectivity index is 1.76. The Morgan fingerprint density at radius 1 is 1.32 bits per heavy atom. The summed E-state index contributed by atoms with van der Waals surface area (Å²) in [5, 5.41) is 9.88. The first-order valence-corrected chi connectivity index (χ1v) is 8.20. The number of thiophene rings is 2. The molecule has 1 N–H and O–H groups in total. The van der Waals surface area contributed by atoms with E-state index >= 15 is 0 Å². The van der Waals surface area contributed by atoms with Crippen LogP contribution in [-0.4, -0.2) is 12.0 Å². The average Bonchev–Trinajstić information content (AvgIpc) is 3.09. The van der Waals surface area contributed by atoms with E-state index in [9.17, 15) is 0 Å². The van der Waals surface area contributed by atoms with E-state index in [2.05, 4.69) is 44.6 Å². The van der Waals surface area contributed by atoms with E-state index < -0.39 is 0 Å². The van der Waals surface area contributed by atoms with Crippen LogP contribution in [0.2, 0.25) is 0 Å². The maximum atomic E-state index is 4.53. The van der Waals surface area contributed by atoms with Crippen LogP contribution >= 0.6 is 22.7 Å². The van der Waals surface area contributed by atoms with Crippen LogP contribution in [0.4, 0.5) is 0 Å². The van der Waals surface area contributed by atoms with Gasteiger partial charge in [0.05, 0.1) is 10.2 Å². The van der Waals surface area contributed by atoms with Gasteiger partial charge < -0.3 is 5.32 Å². The third-order valence-electron chi connectivity index (χ3n) is 3.38. The van der Waals surface area contributed by atoms with Gasteiger partial charge in [-0.05, 0) is 65.4 Å². The molecule has 0 amide bonds. The third-order valence-corrected chi connectivity index (χ3v) is 4.96. The van der Waals surface area contributed by atoms with Crippen molar-refractivity contribution in [3.05, 3.63) is 51.7 Å². The molecule has 0 saturated carbocycles. The van der Waals surface area contributed by atoms with Crippen LogP contribution in [-0.2, 0) is 6.42 Å². The van der Waals surface area contributed by atoms with Crippen molar-refractivity contribution in [3.63, 3.8) is 0 Å². The van der Waals surface area contributed by atoms with Crippen molar-refractivity contribution < 1.29 is 0 Å². The molecule has 19 heavy (non-hydrogen) atoms. The fourth-order valence-electron chi connectivity index (χ4n) is 2.28. The molecule has 1 unspecified atom stereocenters. The summed E-state index contributed by atoms with van der Waals surface area (Å²) in [6.45, 7) is 0. The first-order chi connectivity index (χ1) is 9.36. The lowest BCUT2D eigenvalue weighted by atomic mass is 10.0. The van der Waals surface area contributed by atoms with E-state index in [0.717, 1.165) is 18.4 Å². The molecule has 4 heteroatoms. The lowest BCUT2D eigenvalue weighted by molar-refractivity contribution is 0.549. The van der Waals surface area contributed by atoms with E-state index in [1.807, 2.05) is 13.2 Å². The average molecular weight is 288 g/mol. The van der Waals surface area contributed by atoms with Gasteiger partial charge in [0, 0.05) is 12.2 Å². The van der Waals surface area contributed by atoms with Gasteiger partial charge in [-0.25, -0.2) is 0 Å². The van der Waals surface area contributed by atoms with Gasteiger partial charge in [0.15, 0.2) is 0 Å². The highest BCUT2D eigenvalue weighted by atomic mass is 32.1. The highest BCUT2D eigenvalue weighted by Gasteiger charge is 2.11. The van der Waals surface area contributed by atoms with Gasteiger partial charge >= 0.3 is 0 Å². The minimum Gasteiger partial charge on any atom is -0.313 e. The summed E-state index contributed by atoms with van der Waals surface area (Å²) in [5.74, 6) is 0. The topological polar surface area (TPSA) is 24.9 Å². The van der Waals surface area contributed by atoms with Gasteiger partial charge in [0.25, 0.3) is 0 Å². The van der Waals surface area contributed by atoms with E-state index in [0.29, 0.717) is 6.04 Å². The Kier molecular flexibility index (Phi) is 3.92. The second kappa shape index (κ2) is 5.82. The number of aromatic nitrogens is 1. The van der Waals surface area contributed by atoms with Crippen LogP contribution in [0.15, 0.2) is 40.5 Å². The van der Waals surface area contributed by atoms with Crippen LogP contribution < -0.4 is 5.32 Å². The standard InChI is InChI=1S/C15H16N2S2/c1-16-13(3-2-11-4-6-18-10-11)12-8-15-14(17-9-12)5-7-19-15/h4-10,13,16H,2-3H2,1H3. The maximum Gasteiger partial charge on any atom is 0.0809 e. The first kappa shape index (κ1) is 12.8. The van der Waals surface area contributed by atoms with Gasteiger partial charge in [-0.2, -0.15) is 11.3 Å². The van der Waals surface area contributed by atoms with Crippen LogP contribution in [0, 0.1) is 0 Å². The summed E-state index contributed by atoms with van der Waals surface area (Å²) in [5.41, 5.74) is 3.81. The van der Waals surface area contributed by atoms with Crippen LogP contribution in [0.25, 0.3) is 10.2 Å². The lowest BCUT2D eigenvalue weighted by Gasteiger charge is -2.16. The number of nitrogens with zero attached hydrogens (tertiary/aromatic N) is 1. The molecular weight excluding hydrogens is 272 g/mol. The molecule has 3 heterocycles. The van der Waals surface area contributed by atoms with Crippen molar-refractivity contribution >= 4 is 32.9 Å². The summed E-state index contributed by atoms with van der Waals surface area (Å²) >= 11 is 3.52. The Labute approximate surface area is 121 Å². The van der Waals surface area contributed by atoms with Crippen molar-refractivity contribution in [2.45, 2.75) is 18.9 Å². The molecule has 3 aromatic heterocycles. The van der Waals surface area contributed by atoms with E-state index in [4.69, 9.17) is 0 Å². The van der Waals surface area contributed by atoms with Crippen molar-refractivity contribution in [3.8, 4) is 0 Å². The number of fused-ring (bicyclic) bond motifs is 1. The zero-order valence-corrected chi connectivity index (χ0v) is 12.4. The number of hydrogen-bond acceptors (Lipinski definition) is 4. The molecule has 0 saturated heterocycles. The molecule has 0 aromatic carbocycles. The zero-order chi connectivity index (χ0) is 13.1. The van der Waals surface area contributed by atoms with Crippen LogP contribution in [0.3, 0.4) is 0 Å². The minimum absolute atomic E-state index is 0.374. The van der Waals surface area contributed by atoms with E-state index in [1.165, 1.54) is 15.8 Å². The normalized spacial score (nSPS) is 12.9. The molecule has 3 rings (SSSR count). The molecule has 98 valence electrons. The van der Waals surface area contributed by atoms with Gasteiger partial charge in [-0.1, -0.05) is 0 Å². The molecule has 0 aliphatic heterocycles. The molecule has 2 nitrogen and oxygen atoms in total. The monoisotopic (exact) mass is 288 g/mol. The summed E-state index contributed by atoms with van der Waals surface area (Å²) in [6, 6.07) is 6.92. The van der Waals surface area contributed by atoms with E-state index in [1.54, 1.807) is 22.7 Å². The number of hydrogen-bond donors (Lipinski definition) is 1. The van der Waals surface area contributed by atoms with E-state index in [-0.39, 0.29) is 0 Å². The van der Waals surface area contributed by atoms with Crippen molar-refractivity contribution in [2.24, 2.45) is 0 Å². The minimum atomic E-state index is 0.374. The van der Waals surface area contributed by atoms with Gasteiger partial charge in [-0.15, -0.1) is 11.3 Å². The second-order valence-corrected chi connectivity index (χ2v) is 6.31. The summed E-state index contributed by atoms with van der Waals surface area (Å²) in [6.07, 6.45) is 4.22. The van der Waals surface area contributed by atoms with Gasteiger partial charge in [0.2, 0.25) is 0 Å². The fraction of sp³-hybridized carbons (Fsp3) is 0.267. The molecule has 0 aliphatic carbocycles. The quantitative estimate of drug-likeness (QED) is 0.759. The smallest absolute Gasteiger partial charge is 0.0809 e. The molecule has 0 bridgehead atoms. The zero-order valence-electron chi connectivity index (χ0n) is 10.8. The molecule has 0 aliphatic rings. The highest BCUT2D eigenvalue weighted by molar-refractivity contribution is 7.17. The Morgan fingerprint density at radius 2 is 2.26 bits per heavy atom. The number of aryl methyl sites for hydroxylation is 1. The van der Waals surface area contributed by atoms with Crippen LogP contribution in [0.1, 0.15) is 23.6 Å². The largest absolute Gasteiger partial charge is 0.313 e. The molecule has 3 aromatic rings. The van der Waals surface area contributed by atoms with Crippen molar-refractivity contribution in [1.82, 2.24) is 10.3 Å². The molecular formula is C15H16N2S2. The molecule has 0 radical (unpaired) electrons. The van der Waals surface area contributed by atoms with Crippen LogP contribution in [0.5, 0.6) is 0 Å². The Morgan fingerprint density at radius 3 is 3.05 bits per heavy atom. The molecule has 0 spiro atoms. The highest BCUT2D eigenvalue weighted by Crippen LogP contribution is 2.25. The summed E-state index contributed by atoms with van der Waals surface area (Å²) in [4.78, 5) is 4.53. The van der Waals surface area contributed by atoms with Gasteiger partial charge in [0.1, 0.15) is 0 Å². The molecule has 1 atom stereocenters. The predicted octanol–water partition coefficient (Wildman–Crippen LogP) is 4.25. The first-order valence-electron chi connectivity index (χ1n) is 6.38. The lowest BCUT2D eigenvalue weighted by Crippen LogP contribution is -2.17. The summed E-state index contributed by atoms with van der Waals surface area (Å²) < 4.78 is 1.27. The Bertz CT molecular complexity index is 643. The van der Waals surface area contributed by atoms with Gasteiger partial charge in [-0.3, -0.25) is 4.98 Å². The second-order valence-electron chi connectivity index (χ2n) is 4.58. The number of pyridine rings is 1. The number of nitrogens with one attached hydrogen (secondary N) is 1.